The van der Waals surface area contributed by atoms with Gasteiger partial charge in [-0.3, -0.25) is 4.79 Å². The molecule has 0 radical (unpaired) electrons. The van der Waals surface area contributed by atoms with Gasteiger partial charge in [0.05, 0.1) is 5.25 Å². The summed E-state index contributed by atoms with van der Waals surface area (Å²) in [5.74, 6) is 0.211. The summed E-state index contributed by atoms with van der Waals surface area (Å²) < 4.78 is 0. The van der Waals surface area contributed by atoms with Crippen molar-refractivity contribution in [1.82, 2.24) is 0 Å². The van der Waals surface area contributed by atoms with Crippen molar-refractivity contribution in [2.24, 2.45) is 5.41 Å². The van der Waals surface area contributed by atoms with Gasteiger partial charge >= 0.3 is 0 Å². The zero-order chi connectivity index (χ0) is 13.8. The summed E-state index contributed by atoms with van der Waals surface area (Å²) in [6.45, 7) is 8.37. The minimum Gasteiger partial charge on any atom is -0.314 e. The second-order valence-electron chi connectivity index (χ2n) is 5.86. The molecule has 1 saturated heterocycles. The van der Waals surface area contributed by atoms with Crippen LogP contribution in [0.15, 0.2) is 36.4 Å². The van der Waals surface area contributed by atoms with E-state index in [4.69, 9.17) is 0 Å². The van der Waals surface area contributed by atoms with E-state index in [0.29, 0.717) is 5.25 Å². The molecule has 2 aliphatic rings. The maximum absolute atomic E-state index is 12.7. The fourth-order valence-electron chi connectivity index (χ4n) is 3.13. The number of amides is 1. The first-order valence-electron chi connectivity index (χ1n) is 6.63. The van der Waals surface area contributed by atoms with E-state index in [2.05, 4.69) is 32.6 Å². The average molecular weight is 273 g/mol. The van der Waals surface area contributed by atoms with Crippen molar-refractivity contribution in [3.8, 4) is 0 Å². The minimum atomic E-state index is -0.0891. The van der Waals surface area contributed by atoms with Gasteiger partial charge < -0.3 is 4.90 Å². The lowest BCUT2D eigenvalue weighted by Crippen LogP contribution is -2.42. The standard InChI is InChI=1S/C16H19NOS/c1-10(2)16(3)9-13-11-7-5-6-8-12(11)17(4)15(18)14(16)19-13/h5-8,13-14H,1,9H2,2-4H3/t13-,14-,16-/m1/s1. The van der Waals surface area contributed by atoms with E-state index < -0.39 is 0 Å². The Labute approximate surface area is 118 Å². The number of para-hydroxylation sites is 1. The number of benzene rings is 1. The molecule has 3 heteroatoms. The van der Waals surface area contributed by atoms with Gasteiger partial charge in [0.2, 0.25) is 5.91 Å². The van der Waals surface area contributed by atoms with Crippen LogP contribution in [0.2, 0.25) is 0 Å². The number of hydrogen-bond donors (Lipinski definition) is 0. The fraction of sp³-hybridized carbons (Fsp3) is 0.438. The molecule has 0 aliphatic carbocycles. The van der Waals surface area contributed by atoms with Gasteiger partial charge in [-0.05, 0) is 25.0 Å². The number of carbonyl (C=O) groups excluding carboxylic acids is 1. The van der Waals surface area contributed by atoms with Crippen LogP contribution < -0.4 is 4.90 Å². The van der Waals surface area contributed by atoms with Crippen LogP contribution in [0.4, 0.5) is 5.69 Å². The van der Waals surface area contributed by atoms with E-state index in [1.54, 1.807) is 0 Å². The van der Waals surface area contributed by atoms with E-state index in [9.17, 15) is 4.79 Å². The highest BCUT2D eigenvalue weighted by Gasteiger charge is 2.52. The van der Waals surface area contributed by atoms with Crippen LogP contribution >= 0.6 is 11.8 Å². The number of anilines is 1. The lowest BCUT2D eigenvalue weighted by atomic mass is 9.74. The van der Waals surface area contributed by atoms with E-state index >= 15 is 0 Å². The molecule has 1 fully saturated rings. The van der Waals surface area contributed by atoms with Gasteiger partial charge in [-0.25, -0.2) is 0 Å². The number of allylic oxidation sites excluding steroid dienone is 1. The highest BCUT2D eigenvalue weighted by molar-refractivity contribution is 8.01. The van der Waals surface area contributed by atoms with Gasteiger partial charge in [-0.2, -0.15) is 0 Å². The molecule has 100 valence electrons. The van der Waals surface area contributed by atoms with Gasteiger partial charge in [0.25, 0.3) is 0 Å². The van der Waals surface area contributed by atoms with Crippen LogP contribution in [0.25, 0.3) is 0 Å². The molecular formula is C16H19NOS. The molecule has 0 aromatic heterocycles. The number of fused-ring (bicyclic) bond motifs is 4. The van der Waals surface area contributed by atoms with Gasteiger partial charge in [0.15, 0.2) is 0 Å². The molecule has 0 saturated carbocycles. The van der Waals surface area contributed by atoms with Gasteiger partial charge in [-0.15, -0.1) is 11.8 Å². The molecule has 1 aromatic rings. The van der Waals surface area contributed by atoms with Crippen molar-refractivity contribution >= 4 is 23.4 Å². The maximum atomic E-state index is 12.7. The Morgan fingerprint density at radius 2 is 2.16 bits per heavy atom. The van der Waals surface area contributed by atoms with Crippen molar-refractivity contribution in [2.75, 3.05) is 11.9 Å². The predicted octanol–water partition coefficient (Wildman–Crippen LogP) is 3.79. The number of nitrogens with zero attached hydrogens (tertiary/aromatic N) is 1. The average Bonchev–Trinajstić information content (AvgIpc) is 2.72. The highest BCUT2D eigenvalue weighted by Crippen LogP contribution is 2.60. The Kier molecular flexibility index (Phi) is 2.79. The molecule has 2 nitrogen and oxygen atoms in total. The Morgan fingerprint density at radius 1 is 1.47 bits per heavy atom. The molecule has 0 spiro atoms. The van der Waals surface area contributed by atoms with E-state index in [0.717, 1.165) is 17.7 Å². The molecule has 0 unspecified atom stereocenters. The molecule has 2 bridgehead atoms. The molecule has 0 N–H and O–H groups in total. The number of hydrogen-bond acceptors (Lipinski definition) is 2. The van der Waals surface area contributed by atoms with Crippen LogP contribution in [0.5, 0.6) is 0 Å². The van der Waals surface area contributed by atoms with E-state index in [1.165, 1.54) is 5.56 Å². The second kappa shape index (κ2) is 4.14. The zero-order valence-electron chi connectivity index (χ0n) is 11.6. The quantitative estimate of drug-likeness (QED) is 0.726. The highest BCUT2D eigenvalue weighted by atomic mass is 32.2. The van der Waals surface area contributed by atoms with Crippen LogP contribution in [0.1, 0.15) is 31.1 Å². The summed E-state index contributed by atoms with van der Waals surface area (Å²) in [7, 11) is 1.89. The number of carbonyl (C=O) groups is 1. The maximum Gasteiger partial charge on any atom is 0.240 e. The summed E-state index contributed by atoms with van der Waals surface area (Å²) in [4.78, 5) is 14.6. The molecule has 19 heavy (non-hydrogen) atoms. The van der Waals surface area contributed by atoms with Crippen LogP contribution in [0.3, 0.4) is 0 Å². The van der Waals surface area contributed by atoms with Crippen molar-refractivity contribution in [1.29, 1.82) is 0 Å². The molecule has 3 atom stereocenters. The van der Waals surface area contributed by atoms with Gasteiger partial charge in [0.1, 0.15) is 0 Å². The summed E-state index contributed by atoms with van der Waals surface area (Å²) >= 11 is 1.81. The summed E-state index contributed by atoms with van der Waals surface area (Å²) in [6, 6.07) is 8.27. The number of rotatable bonds is 1. The van der Waals surface area contributed by atoms with Crippen molar-refractivity contribution < 1.29 is 4.79 Å². The lowest BCUT2D eigenvalue weighted by molar-refractivity contribution is -0.119. The largest absolute Gasteiger partial charge is 0.314 e. The Bertz CT molecular complexity index is 568. The minimum absolute atomic E-state index is 0.00704. The third kappa shape index (κ3) is 1.68. The summed E-state index contributed by atoms with van der Waals surface area (Å²) in [6.07, 6.45) is 1.01. The summed E-state index contributed by atoms with van der Waals surface area (Å²) in [5, 5.41) is 0.393. The van der Waals surface area contributed by atoms with Gasteiger partial charge in [0, 0.05) is 23.4 Å². The number of thioether (sulfide) groups is 1. The molecule has 3 rings (SSSR count). The lowest BCUT2D eigenvalue weighted by Gasteiger charge is -2.34. The molecule has 2 heterocycles. The first-order chi connectivity index (χ1) is 8.95. The second-order valence-corrected chi connectivity index (χ2v) is 7.18. The first kappa shape index (κ1) is 12.8. The molecular weight excluding hydrogens is 254 g/mol. The van der Waals surface area contributed by atoms with Crippen LogP contribution in [0, 0.1) is 5.41 Å². The normalized spacial score (nSPS) is 33.0. The van der Waals surface area contributed by atoms with E-state index in [-0.39, 0.29) is 16.6 Å². The molecule has 1 aromatic carbocycles. The smallest absolute Gasteiger partial charge is 0.240 e. The van der Waals surface area contributed by atoms with Crippen molar-refractivity contribution in [3.05, 3.63) is 42.0 Å². The Morgan fingerprint density at radius 3 is 2.84 bits per heavy atom. The van der Waals surface area contributed by atoms with Gasteiger partial charge in [-0.1, -0.05) is 37.3 Å². The third-order valence-corrected chi connectivity index (χ3v) is 6.41. The van der Waals surface area contributed by atoms with Crippen LogP contribution in [-0.2, 0) is 4.79 Å². The summed E-state index contributed by atoms with van der Waals surface area (Å²) in [5.41, 5.74) is 3.38. The first-order valence-corrected chi connectivity index (χ1v) is 7.57. The SMILES string of the molecule is C=C(C)[C@@]1(C)C[C@H]2S[C@@H]1C(=O)N(C)c1ccccc12. The monoisotopic (exact) mass is 273 g/mol. The zero-order valence-corrected chi connectivity index (χ0v) is 12.5. The van der Waals surface area contributed by atoms with Crippen LogP contribution in [-0.4, -0.2) is 18.2 Å². The predicted molar refractivity (Wildman–Crippen MR) is 81.5 cm³/mol. The molecule has 1 amide bonds. The van der Waals surface area contributed by atoms with Crippen molar-refractivity contribution in [3.63, 3.8) is 0 Å². The van der Waals surface area contributed by atoms with E-state index in [1.807, 2.05) is 35.8 Å². The Hall–Kier alpha value is -1.22. The van der Waals surface area contributed by atoms with Crippen molar-refractivity contribution in [2.45, 2.75) is 30.8 Å². The third-order valence-electron chi connectivity index (χ3n) is 4.66. The topological polar surface area (TPSA) is 20.3 Å². The molecule has 2 aliphatic heterocycles. The fourth-order valence-corrected chi connectivity index (χ4v) is 5.12. The Balaban J connectivity index is 2.16.